The van der Waals surface area contributed by atoms with Crippen LogP contribution in [0, 0.1) is 5.41 Å². The summed E-state index contributed by atoms with van der Waals surface area (Å²) in [6.07, 6.45) is -6.32. The summed E-state index contributed by atoms with van der Waals surface area (Å²) < 4.78 is 36.6. The number of aliphatic hydroxyl groups is 5. The molecule has 13 unspecified atom stereocenters. The summed E-state index contributed by atoms with van der Waals surface area (Å²) in [5.41, 5.74) is 1.92. The van der Waals surface area contributed by atoms with Gasteiger partial charge in [0.1, 0.15) is 65.9 Å². The number of hydrogen-bond acceptors (Lipinski definition) is 17. The van der Waals surface area contributed by atoms with E-state index in [1.807, 2.05) is 78.9 Å². The molecule has 5 fully saturated rings. The van der Waals surface area contributed by atoms with E-state index >= 15 is 4.79 Å². The molecule has 4 saturated heterocycles. The number of carbonyl (C=O) groups excluding carboxylic acids is 4. The van der Waals surface area contributed by atoms with E-state index in [0.29, 0.717) is 18.4 Å². The fraction of sp³-hybridized carbons (Fsp3) is 0.547. The molecular weight excluding hydrogens is 935 g/mol. The van der Waals surface area contributed by atoms with Crippen LogP contribution in [0.1, 0.15) is 67.9 Å². The van der Waals surface area contributed by atoms with Gasteiger partial charge in [0, 0.05) is 39.2 Å². The predicted octanol–water partition coefficient (Wildman–Crippen LogP) is 1.26. The molecule has 2 bridgehead atoms. The van der Waals surface area contributed by atoms with E-state index in [4.69, 9.17) is 33.3 Å². The number of rotatable bonds is 17. The van der Waals surface area contributed by atoms with E-state index in [2.05, 4.69) is 5.32 Å². The molecule has 2 aliphatic carbocycles. The van der Waals surface area contributed by atoms with Gasteiger partial charge in [0.25, 0.3) is 0 Å². The number of nitrogens with zero attached hydrogens (tertiary/aromatic N) is 2. The highest BCUT2D eigenvalue weighted by atomic mass is 16.8. The summed E-state index contributed by atoms with van der Waals surface area (Å²) >= 11 is 0. The number of hydrogen-bond donors (Lipinski definition) is 6. The minimum Gasteiger partial charge on any atom is -0.460 e. The summed E-state index contributed by atoms with van der Waals surface area (Å²) in [7, 11) is 1.53. The van der Waals surface area contributed by atoms with Crippen LogP contribution in [0.2, 0.25) is 0 Å². The van der Waals surface area contributed by atoms with E-state index < -0.39 is 127 Å². The number of benzene rings is 3. The molecule has 1 spiro atoms. The number of hydroxylamine groups is 2. The molecule has 13 atom stereocenters. The van der Waals surface area contributed by atoms with E-state index in [1.54, 1.807) is 32.9 Å². The maximum absolute atomic E-state index is 15.9. The Bertz CT molecular complexity index is 2460. The first-order valence-corrected chi connectivity index (χ1v) is 24.6. The van der Waals surface area contributed by atoms with Gasteiger partial charge in [-0.25, -0.2) is 0 Å². The number of esters is 2. The van der Waals surface area contributed by atoms with Gasteiger partial charge >= 0.3 is 11.9 Å². The topological polar surface area (TPSA) is 253 Å². The third-order valence-corrected chi connectivity index (χ3v) is 14.5. The molecule has 3 aromatic rings. The lowest BCUT2D eigenvalue weighted by Crippen LogP contribution is -2.70. The molecule has 2 amide bonds. The SMILES string of the molecule is CN(C(=O)C12CC3OC(=O)C1N(Cc1cccc(C=CCOC4OC(CO)C(O)C(O)C4O)c1)OC2C1OC2(Cc4ccccc4C2)OC31)C(Cc1ccccc1)C(=O)NC(CO)CCC(=O)OC(C)(C)C. The zero-order valence-corrected chi connectivity index (χ0v) is 40.8. The zero-order valence-electron chi connectivity index (χ0n) is 40.8. The van der Waals surface area contributed by atoms with Crippen molar-refractivity contribution in [3.05, 3.63) is 113 Å². The fourth-order valence-corrected chi connectivity index (χ4v) is 11.2. The summed E-state index contributed by atoms with van der Waals surface area (Å²) in [5, 5.41) is 55.0. The molecule has 1 saturated carbocycles. The van der Waals surface area contributed by atoms with Gasteiger partial charge in [-0.3, -0.25) is 24.0 Å². The Morgan fingerprint density at radius 2 is 1.61 bits per heavy atom. The highest BCUT2D eigenvalue weighted by Crippen LogP contribution is 2.59. The Kier molecular flexibility index (Phi) is 15.1. The standard InChI is InChI=1S/C53H65N3O16/c1-51(2,3)69-39(59)20-19-35(28-57)54-47(63)36(23-31-12-6-5-7-13-31)55(4)50(65)53-26-37-43-44(71-52(70-43)24-33-17-8-9-18-34(33)25-52)46(53)72-56(45(53)48(64)67-37)27-32-15-10-14-30(22-32)16-11-21-66-49-42(62)41(61)40(60)38(29-58)68-49/h5-18,22,35-38,40-46,49,57-58,60-62H,19-21,23-29H2,1-4H3,(H,54,63). The van der Waals surface area contributed by atoms with Crippen molar-refractivity contribution in [2.75, 3.05) is 26.9 Å². The van der Waals surface area contributed by atoms with Crippen LogP contribution in [-0.2, 0) is 78.2 Å². The van der Waals surface area contributed by atoms with Gasteiger partial charge in [-0.15, -0.1) is 0 Å². The van der Waals surface area contributed by atoms with Gasteiger partial charge in [-0.05, 0) is 55.0 Å². The van der Waals surface area contributed by atoms with Gasteiger partial charge < -0.3 is 64.2 Å². The van der Waals surface area contributed by atoms with Gasteiger partial charge in [0.2, 0.25) is 11.8 Å². The minimum atomic E-state index is -1.64. The quantitative estimate of drug-likeness (QED) is 0.104. The van der Waals surface area contributed by atoms with E-state index in [1.165, 1.54) is 17.0 Å². The Labute approximate surface area is 417 Å². The number of nitrogens with one attached hydrogen (secondary N) is 1. The number of amides is 2. The van der Waals surface area contributed by atoms with Crippen molar-refractivity contribution in [2.45, 2.75) is 150 Å². The number of ether oxygens (including phenoxy) is 6. The summed E-state index contributed by atoms with van der Waals surface area (Å²) in [6, 6.07) is 21.2. The Balaban J connectivity index is 0.995. The fourth-order valence-electron chi connectivity index (χ4n) is 11.2. The van der Waals surface area contributed by atoms with Crippen molar-refractivity contribution in [3.63, 3.8) is 0 Å². The first kappa shape index (κ1) is 51.7. The molecule has 19 heteroatoms. The van der Waals surface area contributed by atoms with Crippen molar-refractivity contribution in [1.82, 2.24) is 15.3 Å². The molecular formula is C53H65N3O16. The number of likely N-dealkylation sites (N-methyl/N-ethyl adjacent to an activating group) is 1. The molecule has 9 rings (SSSR count). The predicted molar refractivity (Wildman–Crippen MR) is 253 cm³/mol. The van der Waals surface area contributed by atoms with Crippen LogP contribution in [0.15, 0.2) is 84.9 Å². The smallest absolute Gasteiger partial charge is 0.327 e. The largest absolute Gasteiger partial charge is 0.460 e. The van der Waals surface area contributed by atoms with Crippen molar-refractivity contribution in [2.24, 2.45) is 5.41 Å². The van der Waals surface area contributed by atoms with Crippen LogP contribution in [0.3, 0.4) is 0 Å². The Hall–Kier alpha value is -5.16. The van der Waals surface area contributed by atoms with E-state index in [9.17, 15) is 39.9 Å². The normalized spacial score (nSPS) is 31.2. The molecule has 19 nitrogen and oxygen atoms in total. The lowest BCUT2D eigenvalue weighted by Gasteiger charge is -2.50. The summed E-state index contributed by atoms with van der Waals surface area (Å²) in [6.45, 7) is 4.14. The van der Waals surface area contributed by atoms with Crippen LogP contribution in [0.4, 0.5) is 0 Å². The number of fused-ring (bicyclic) bond motifs is 5. The monoisotopic (exact) mass is 999 g/mol. The lowest BCUT2D eigenvalue weighted by molar-refractivity contribution is -0.298. The van der Waals surface area contributed by atoms with Crippen molar-refractivity contribution in [3.8, 4) is 0 Å². The third-order valence-electron chi connectivity index (χ3n) is 14.5. The van der Waals surface area contributed by atoms with E-state index in [0.717, 1.165) is 22.3 Å². The average Bonchev–Trinajstić information content (AvgIpc) is 4.03. The van der Waals surface area contributed by atoms with Crippen molar-refractivity contribution >= 4 is 29.8 Å². The molecule has 6 aliphatic rings. The number of aliphatic hydroxyl groups excluding tert-OH is 5. The van der Waals surface area contributed by atoms with Crippen LogP contribution in [-0.4, -0.2) is 171 Å². The molecule has 388 valence electrons. The van der Waals surface area contributed by atoms with Crippen molar-refractivity contribution in [1.29, 1.82) is 0 Å². The highest BCUT2D eigenvalue weighted by Gasteiger charge is 2.77. The maximum atomic E-state index is 15.9. The van der Waals surface area contributed by atoms with Crippen LogP contribution < -0.4 is 5.32 Å². The molecule has 72 heavy (non-hydrogen) atoms. The Morgan fingerprint density at radius 1 is 0.917 bits per heavy atom. The minimum absolute atomic E-state index is 0.00730. The second-order valence-electron chi connectivity index (χ2n) is 20.7. The molecule has 4 heterocycles. The van der Waals surface area contributed by atoms with Crippen LogP contribution in [0.25, 0.3) is 6.08 Å². The number of carbonyl (C=O) groups is 4. The molecule has 0 radical (unpaired) electrons. The first-order valence-electron chi connectivity index (χ1n) is 24.6. The van der Waals surface area contributed by atoms with Crippen molar-refractivity contribution < 1.29 is 78.0 Å². The lowest BCUT2D eigenvalue weighted by atomic mass is 9.62. The Morgan fingerprint density at radius 3 is 2.31 bits per heavy atom. The first-order chi connectivity index (χ1) is 34.4. The third kappa shape index (κ3) is 10.3. The summed E-state index contributed by atoms with van der Waals surface area (Å²) in [5.74, 6) is -3.40. The van der Waals surface area contributed by atoms with Crippen LogP contribution >= 0.6 is 0 Å². The van der Waals surface area contributed by atoms with Crippen LogP contribution in [0.5, 0.6) is 0 Å². The van der Waals surface area contributed by atoms with Gasteiger partial charge in [-0.2, -0.15) is 5.06 Å². The second kappa shape index (κ2) is 21.0. The summed E-state index contributed by atoms with van der Waals surface area (Å²) in [4.78, 5) is 66.1. The second-order valence-corrected chi connectivity index (χ2v) is 20.7. The molecule has 0 aromatic heterocycles. The van der Waals surface area contributed by atoms with Gasteiger partial charge in [0.15, 0.2) is 18.1 Å². The maximum Gasteiger partial charge on any atom is 0.327 e. The molecule has 4 aliphatic heterocycles. The highest BCUT2D eigenvalue weighted by molar-refractivity contribution is 5.96. The van der Waals surface area contributed by atoms with Gasteiger partial charge in [0.05, 0.1) is 32.4 Å². The molecule has 6 N–H and O–H groups in total. The molecule has 3 aromatic carbocycles. The zero-order chi connectivity index (χ0) is 51.1. The van der Waals surface area contributed by atoms with Gasteiger partial charge in [-0.1, -0.05) is 91.0 Å². The van der Waals surface area contributed by atoms with E-state index in [-0.39, 0.29) is 38.8 Å². The average molecular weight is 1000 g/mol.